The van der Waals surface area contributed by atoms with Crippen LogP contribution in [0.2, 0.25) is 0 Å². The third-order valence-electron chi connectivity index (χ3n) is 13.1. The van der Waals surface area contributed by atoms with E-state index in [-0.39, 0.29) is 40.0 Å². The van der Waals surface area contributed by atoms with Gasteiger partial charge in [-0.15, -0.1) is 0 Å². The minimum Gasteiger partial charge on any atom is -0.496 e. The van der Waals surface area contributed by atoms with Crippen molar-refractivity contribution in [2.75, 3.05) is 20.7 Å². The number of fused-ring (bicyclic) bond motifs is 5. The lowest BCUT2D eigenvalue weighted by molar-refractivity contribution is -0.158. The number of alkyl halides is 3. The van der Waals surface area contributed by atoms with Crippen LogP contribution in [0.3, 0.4) is 0 Å². The van der Waals surface area contributed by atoms with Gasteiger partial charge in [0.05, 0.1) is 12.7 Å². The van der Waals surface area contributed by atoms with E-state index in [1.807, 2.05) is 16.8 Å². The summed E-state index contributed by atoms with van der Waals surface area (Å²) in [5.74, 6) is 1.32. The lowest BCUT2D eigenvalue weighted by Crippen LogP contribution is -2.62. The van der Waals surface area contributed by atoms with Crippen LogP contribution in [-0.4, -0.2) is 54.4 Å². The second-order valence-electron chi connectivity index (χ2n) is 15.5. The number of nitrogens with zero attached hydrogens (tertiary/aromatic N) is 2. The Hall–Kier alpha value is -2.25. The van der Waals surface area contributed by atoms with Gasteiger partial charge in [0.2, 0.25) is 5.91 Å². The number of piperidine rings is 1. The molecule has 0 radical (unpaired) electrons. The van der Waals surface area contributed by atoms with Crippen LogP contribution in [0.1, 0.15) is 139 Å². The highest BCUT2D eigenvalue weighted by Crippen LogP contribution is 2.65. The van der Waals surface area contributed by atoms with Gasteiger partial charge in [0.25, 0.3) is 5.91 Å². The normalized spacial score (nSPS) is 32.5. The second-order valence-corrected chi connectivity index (χ2v) is 15.5. The average Bonchev–Trinajstić information content (AvgIpc) is 3.38. The Morgan fingerprint density at radius 3 is 2.28 bits per heavy atom. The van der Waals surface area contributed by atoms with Gasteiger partial charge in [0, 0.05) is 37.7 Å². The number of halogens is 3. The summed E-state index contributed by atoms with van der Waals surface area (Å²) in [5.41, 5.74) is -0.758. The molecule has 46 heavy (non-hydrogen) atoms. The quantitative estimate of drug-likeness (QED) is 0.213. The van der Waals surface area contributed by atoms with Crippen molar-refractivity contribution in [3.8, 4) is 5.75 Å². The SMILES string of the molecule is CCCCCCCCCCN(C(=O)c1ccc(OC)c(C(F)(F)F)c1)[C@H]1CC[C@H]2[C@@H]3CC[C@H]4N(C)C(=O)CC[C@]4(C)[C@H]3CC[C@]12C. The van der Waals surface area contributed by atoms with Crippen molar-refractivity contribution in [3.63, 3.8) is 0 Å². The van der Waals surface area contributed by atoms with E-state index in [1.54, 1.807) is 0 Å². The highest BCUT2D eigenvalue weighted by atomic mass is 19.4. The number of ether oxygens (including phenoxy) is 1. The zero-order valence-electron chi connectivity index (χ0n) is 28.9. The number of likely N-dealkylation sites (tertiary alicyclic amines) is 1. The van der Waals surface area contributed by atoms with Gasteiger partial charge >= 0.3 is 6.18 Å². The molecule has 0 bridgehead atoms. The van der Waals surface area contributed by atoms with E-state index in [4.69, 9.17) is 4.74 Å². The molecule has 3 aliphatic carbocycles. The molecule has 1 aromatic carbocycles. The first-order valence-electron chi connectivity index (χ1n) is 18.2. The summed E-state index contributed by atoms with van der Waals surface area (Å²) in [6.45, 7) is 7.59. The molecule has 0 spiro atoms. The fourth-order valence-electron chi connectivity index (χ4n) is 10.7. The molecule has 258 valence electrons. The van der Waals surface area contributed by atoms with Gasteiger partial charge in [0.1, 0.15) is 5.75 Å². The smallest absolute Gasteiger partial charge is 0.419 e. The van der Waals surface area contributed by atoms with Gasteiger partial charge in [-0.2, -0.15) is 13.2 Å². The molecule has 1 saturated heterocycles. The van der Waals surface area contributed by atoms with Crippen LogP contribution in [0, 0.1) is 28.6 Å². The van der Waals surface area contributed by atoms with Crippen LogP contribution in [0.5, 0.6) is 5.75 Å². The van der Waals surface area contributed by atoms with Gasteiger partial charge in [-0.05, 0) is 98.1 Å². The Morgan fingerprint density at radius 2 is 1.61 bits per heavy atom. The van der Waals surface area contributed by atoms with E-state index in [0.717, 1.165) is 70.3 Å². The predicted octanol–water partition coefficient (Wildman–Crippen LogP) is 9.53. The first-order chi connectivity index (χ1) is 21.9. The molecule has 5 rings (SSSR count). The summed E-state index contributed by atoms with van der Waals surface area (Å²) in [5, 5.41) is 0. The van der Waals surface area contributed by atoms with Crippen LogP contribution in [0.15, 0.2) is 18.2 Å². The zero-order valence-corrected chi connectivity index (χ0v) is 28.9. The van der Waals surface area contributed by atoms with Crippen molar-refractivity contribution in [2.45, 2.75) is 142 Å². The maximum atomic E-state index is 14.3. The Labute approximate surface area is 275 Å². The summed E-state index contributed by atoms with van der Waals surface area (Å²) in [7, 11) is 3.22. The van der Waals surface area contributed by atoms with Crippen LogP contribution in [0.25, 0.3) is 0 Å². The number of rotatable bonds is 12. The largest absolute Gasteiger partial charge is 0.496 e. The number of benzene rings is 1. The molecule has 1 aliphatic heterocycles. The molecule has 1 heterocycles. The molecule has 7 atom stereocenters. The number of carbonyl (C=O) groups is 2. The van der Waals surface area contributed by atoms with Gasteiger partial charge in [-0.25, -0.2) is 0 Å². The molecule has 8 heteroatoms. The van der Waals surface area contributed by atoms with Crippen molar-refractivity contribution < 1.29 is 27.5 Å². The van der Waals surface area contributed by atoms with Gasteiger partial charge < -0.3 is 14.5 Å². The van der Waals surface area contributed by atoms with Crippen LogP contribution >= 0.6 is 0 Å². The van der Waals surface area contributed by atoms with Crippen molar-refractivity contribution in [3.05, 3.63) is 29.3 Å². The summed E-state index contributed by atoms with van der Waals surface area (Å²) >= 11 is 0. The number of hydrogen-bond donors (Lipinski definition) is 0. The Bertz CT molecular complexity index is 1240. The van der Waals surface area contributed by atoms with E-state index in [1.165, 1.54) is 51.3 Å². The molecular weight excluding hydrogens is 589 g/mol. The minimum atomic E-state index is -4.61. The summed E-state index contributed by atoms with van der Waals surface area (Å²) < 4.78 is 47.0. The zero-order chi connectivity index (χ0) is 33.3. The van der Waals surface area contributed by atoms with Crippen molar-refractivity contribution in [1.82, 2.24) is 9.80 Å². The second kappa shape index (κ2) is 14.1. The molecule has 0 N–H and O–H groups in total. The van der Waals surface area contributed by atoms with Crippen LogP contribution in [0.4, 0.5) is 13.2 Å². The lowest BCUT2D eigenvalue weighted by Gasteiger charge is -2.62. The maximum Gasteiger partial charge on any atom is 0.419 e. The van der Waals surface area contributed by atoms with Crippen molar-refractivity contribution in [2.24, 2.45) is 28.6 Å². The number of methoxy groups -OCH3 is 1. The highest BCUT2D eigenvalue weighted by molar-refractivity contribution is 5.95. The topological polar surface area (TPSA) is 49.9 Å². The molecular formula is C38H57F3N2O3. The van der Waals surface area contributed by atoms with E-state index < -0.39 is 11.7 Å². The fourth-order valence-corrected chi connectivity index (χ4v) is 10.7. The van der Waals surface area contributed by atoms with Crippen LogP contribution in [-0.2, 0) is 11.0 Å². The molecule has 0 aromatic heterocycles. The van der Waals surface area contributed by atoms with Gasteiger partial charge in [-0.1, -0.05) is 65.7 Å². The summed E-state index contributed by atoms with van der Waals surface area (Å²) in [6, 6.07) is 4.10. The first-order valence-corrected chi connectivity index (χ1v) is 18.2. The number of carbonyl (C=O) groups excluding carboxylic acids is 2. The highest BCUT2D eigenvalue weighted by Gasteiger charge is 2.62. The first kappa shape index (κ1) is 35.1. The molecule has 0 unspecified atom stereocenters. The molecule has 1 aromatic rings. The molecule has 4 fully saturated rings. The van der Waals surface area contributed by atoms with E-state index in [2.05, 4.69) is 20.8 Å². The molecule has 3 saturated carbocycles. The van der Waals surface area contributed by atoms with Gasteiger partial charge in [-0.3, -0.25) is 9.59 Å². The Kier molecular flexibility index (Phi) is 10.7. The Balaban J connectivity index is 1.37. The standard InChI is InChI=1S/C38H57F3N2O3/c1-6-7-8-9-10-11-12-13-24-43(35(45)26-14-17-31(46-5)30(25-26)38(39,40)41)33-19-16-28-27-15-18-32-36(2,23-21-34(44)42(32)4)29(27)20-22-37(28,33)3/h14,17,25,27-29,32-33H,6-13,15-16,18-24H2,1-5H3/t27-,28-,29-,32+,33-,36+,37-/m0/s1. The lowest BCUT2D eigenvalue weighted by atomic mass is 9.47. The van der Waals surface area contributed by atoms with Crippen molar-refractivity contribution >= 4 is 11.8 Å². The third kappa shape index (κ3) is 6.57. The maximum absolute atomic E-state index is 14.3. The third-order valence-corrected chi connectivity index (χ3v) is 13.1. The molecule has 2 amide bonds. The van der Waals surface area contributed by atoms with Crippen molar-refractivity contribution in [1.29, 1.82) is 0 Å². The number of amides is 2. The fraction of sp³-hybridized carbons (Fsp3) is 0.789. The van der Waals surface area contributed by atoms with Gasteiger partial charge in [0.15, 0.2) is 0 Å². The number of unbranched alkanes of at least 4 members (excludes halogenated alkanes) is 7. The monoisotopic (exact) mass is 646 g/mol. The summed E-state index contributed by atoms with van der Waals surface area (Å²) in [4.78, 5) is 30.9. The number of hydrogen-bond acceptors (Lipinski definition) is 3. The van der Waals surface area contributed by atoms with E-state index in [9.17, 15) is 22.8 Å². The average molecular weight is 647 g/mol. The van der Waals surface area contributed by atoms with E-state index >= 15 is 0 Å². The molecule has 5 nitrogen and oxygen atoms in total. The summed E-state index contributed by atoms with van der Waals surface area (Å²) in [6.07, 6.45) is 12.3. The van der Waals surface area contributed by atoms with Crippen LogP contribution < -0.4 is 4.74 Å². The predicted molar refractivity (Wildman–Crippen MR) is 176 cm³/mol. The Morgan fingerprint density at radius 1 is 0.935 bits per heavy atom. The minimum absolute atomic E-state index is 0.00748. The van der Waals surface area contributed by atoms with E-state index in [0.29, 0.717) is 36.8 Å². The molecule has 4 aliphatic rings.